The molecule has 1 aromatic heterocycles. The number of nitrogens with zero attached hydrogens (tertiary/aromatic N) is 4. The Morgan fingerprint density at radius 2 is 2.07 bits per heavy atom. The van der Waals surface area contributed by atoms with Crippen LogP contribution in [0.1, 0.15) is 68.8 Å². The minimum absolute atomic E-state index is 0.0654. The lowest BCUT2D eigenvalue weighted by Gasteiger charge is -2.23. The normalized spacial score (nSPS) is 19.6. The van der Waals surface area contributed by atoms with Crippen molar-refractivity contribution in [2.24, 2.45) is 0 Å². The first-order chi connectivity index (χ1) is 13.8. The molecule has 1 fully saturated rings. The number of anilines is 1. The molecule has 1 saturated carbocycles. The molecule has 0 amide bonds. The summed E-state index contributed by atoms with van der Waals surface area (Å²) in [6.07, 6.45) is 11.9. The third-order valence-corrected chi connectivity index (χ3v) is 5.85. The molecule has 28 heavy (non-hydrogen) atoms. The Morgan fingerprint density at radius 3 is 2.93 bits per heavy atom. The molecule has 1 aromatic carbocycles. The van der Waals surface area contributed by atoms with Crippen molar-refractivity contribution in [1.29, 1.82) is 0 Å². The van der Waals surface area contributed by atoms with Crippen LogP contribution in [0.2, 0.25) is 0 Å². The maximum absolute atomic E-state index is 10.9. The number of aryl methyl sites for hydroxylation is 2. The highest BCUT2D eigenvalue weighted by Crippen LogP contribution is 2.29. The molecule has 150 valence electrons. The smallest absolute Gasteiger partial charge is 0.151 e. The Kier molecular flexibility index (Phi) is 6.19. The molecule has 7 heteroatoms. The summed E-state index contributed by atoms with van der Waals surface area (Å²) in [6.45, 7) is 0.689. The van der Waals surface area contributed by atoms with E-state index in [0.29, 0.717) is 12.6 Å². The van der Waals surface area contributed by atoms with Crippen LogP contribution in [0.5, 0.6) is 5.75 Å². The lowest BCUT2D eigenvalue weighted by molar-refractivity contribution is -0.108. The van der Waals surface area contributed by atoms with E-state index in [1.807, 2.05) is 12.1 Å². The summed E-state index contributed by atoms with van der Waals surface area (Å²) >= 11 is 0. The second-order valence-corrected chi connectivity index (χ2v) is 7.88. The topological polar surface area (TPSA) is 81.9 Å². The molecular weight excluding hydrogens is 354 g/mol. The van der Waals surface area contributed by atoms with Crippen LogP contribution in [0, 0.1) is 0 Å². The standard InChI is InChI=1S/C21H29N5O2/c27-15-17-10-9-16-14-19(11-12-20(16)22-17)28-13-5-4-8-21-23-24-25-26(21)18-6-2-1-3-7-18/h11-12,14-15,17-18,22H,1-10,13H2. The summed E-state index contributed by atoms with van der Waals surface area (Å²) in [4.78, 5) is 10.9. The van der Waals surface area contributed by atoms with Gasteiger partial charge in [-0.05, 0) is 72.7 Å². The number of benzene rings is 1. The number of rotatable bonds is 8. The zero-order valence-corrected chi connectivity index (χ0v) is 16.3. The van der Waals surface area contributed by atoms with E-state index < -0.39 is 0 Å². The maximum atomic E-state index is 10.9. The molecule has 1 atom stereocenters. The number of ether oxygens (including phenoxy) is 1. The number of nitrogens with one attached hydrogen (secondary N) is 1. The lowest BCUT2D eigenvalue weighted by atomic mass is 9.95. The van der Waals surface area contributed by atoms with Gasteiger partial charge in [-0.25, -0.2) is 4.68 Å². The number of aromatic nitrogens is 4. The summed E-state index contributed by atoms with van der Waals surface area (Å²) < 4.78 is 7.99. The van der Waals surface area contributed by atoms with Crippen molar-refractivity contribution in [3.63, 3.8) is 0 Å². The Morgan fingerprint density at radius 1 is 1.18 bits per heavy atom. The van der Waals surface area contributed by atoms with E-state index in [0.717, 1.165) is 55.7 Å². The number of carbonyl (C=O) groups is 1. The van der Waals surface area contributed by atoms with Gasteiger partial charge in [0.1, 0.15) is 12.0 Å². The van der Waals surface area contributed by atoms with E-state index in [1.54, 1.807) is 0 Å². The molecule has 0 saturated heterocycles. The summed E-state index contributed by atoms with van der Waals surface area (Å²) in [6, 6.07) is 6.50. The number of carbonyl (C=O) groups excluding carboxylic acids is 1. The molecule has 1 aliphatic carbocycles. The van der Waals surface area contributed by atoms with Crippen LogP contribution >= 0.6 is 0 Å². The van der Waals surface area contributed by atoms with E-state index in [9.17, 15) is 4.79 Å². The molecule has 2 aliphatic rings. The highest BCUT2D eigenvalue weighted by Gasteiger charge is 2.20. The Bertz CT molecular complexity index is 785. The number of hydrogen-bond acceptors (Lipinski definition) is 6. The van der Waals surface area contributed by atoms with E-state index >= 15 is 0 Å². The van der Waals surface area contributed by atoms with Crippen LogP contribution in [0.4, 0.5) is 5.69 Å². The minimum atomic E-state index is -0.0654. The van der Waals surface area contributed by atoms with Crippen molar-refractivity contribution in [2.45, 2.75) is 76.3 Å². The van der Waals surface area contributed by atoms with Crippen molar-refractivity contribution in [2.75, 3.05) is 11.9 Å². The molecule has 7 nitrogen and oxygen atoms in total. The quantitative estimate of drug-likeness (QED) is 0.555. The summed E-state index contributed by atoms with van der Waals surface area (Å²) in [5, 5.41) is 15.6. The molecular formula is C21H29N5O2. The number of fused-ring (bicyclic) bond motifs is 1. The fourth-order valence-electron chi connectivity index (χ4n) is 4.25. The van der Waals surface area contributed by atoms with Gasteiger partial charge >= 0.3 is 0 Å². The van der Waals surface area contributed by atoms with Gasteiger partial charge in [0.25, 0.3) is 0 Å². The van der Waals surface area contributed by atoms with Crippen LogP contribution < -0.4 is 10.1 Å². The van der Waals surface area contributed by atoms with Crippen LogP contribution in [0.3, 0.4) is 0 Å². The Balaban J connectivity index is 1.22. The Hall–Kier alpha value is -2.44. The third-order valence-electron chi connectivity index (χ3n) is 5.85. The number of aldehydes is 1. The van der Waals surface area contributed by atoms with Gasteiger partial charge in [0.2, 0.25) is 0 Å². The second-order valence-electron chi connectivity index (χ2n) is 7.88. The van der Waals surface area contributed by atoms with Crippen molar-refractivity contribution in [3.05, 3.63) is 29.6 Å². The van der Waals surface area contributed by atoms with Crippen LogP contribution in [0.25, 0.3) is 0 Å². The fraction of sp³-hybridized carbons (Fsp3) is 0.619. The summed E-state index contributed by atoms with van der Waals surface area (Å²) in [5.41, 5.74) is 2.27. The second kappa shape index (κ2) is 9.17. The molecule has 2 heterocycles. The van der Waals surface area contributed by atoms with E-state index in [4.69, 9.17) is 4.74 Å². The van der Waals surface area contributed by atoms with Crippen molar-refractivity contribution in [1.82, 2.24) is 20.2 Å². The molecule has 1 N–H and O–H groups in total. The molecule has 0 radical (unpaired) electrons. The molecule has 4 rings (SSSR count). The minimum Gasteiger partial charge on any atom is -0.494 e. The van der Waals surface area contributed by atoms with Crippen molar-refractivity contribution < 1.29 is 9.53 Å². The van der Waals surface area contributed by atoms with Gasteiger partial charge in [0.15, 0.2) is 5.82 Å². The number of hydrogen-bond donors (Lipinski definition) is 1. The first-order valence-electron chi connectivity index (χ1n) is 10.6. The first-order valence-corrected chi connectivity index (χ1v) is 10.6. The summed E-state index contributed by atoms with van der Waals surface area (Å²) in [5.74, 6) is 1.91. The predicted octanol–water partition coefficient (Wildman–Crippen LogP) is 3.51. The van der Waals surface area contributed by atoms with E-state index in [-0.39, 0.29) is 6.04 Å². The molecule has 1 aliphatic heterocycles. The molecule has 0 bridgehead atoms. The van der Waals surface area contributed by atoms with Gasteiger partial charge in [0, 0.05) is 12.1 Å². The zero-order valence-electron chi connectivity index (χ0n) is 16.3. The van der Waals surface area contributed by atoms with Gasteiger partial charge in [-0.1, -0.05) is 19.3 Å². The molecule has 0 spiro atoms. The Labute approximate surface area is 165 Å². The SMILES string of the molecule is O=CC1CCc2cc(OCCCCc3nnnn3C3CCCCC3)ccc2N1. The monoisotopic (exact) mass is 383 g/mol. The lowest BCUT2D eigenvalue weighted by Crippen LogP contribution is -2.26. The predicted molar refractivity (Wildman–Crippen MR) is 107 cm³/mol. The van der Waals surface area contributed by atoms with Gasteiger partial charge in [-0.2, -0.15) is 0 Å². The van der Waals surface area contributed by atoms with Gasteiger partial charge in [-0.15, -0.1) is 5.10 Å². The maximum Gasteiger partial charge on any atom is 0.151 e. The van der Waals surface area contributed by atoms with Crippen LogP contribution in [-0.2, 0) is 17.6 Å². The molecule has 2 aromatic rings. The van der Waals surface area contributed by atoms with Crippen LogP contribution in [0.15, 0.2) is 18.2 Å². The average Bonchev–Trinajstić information content (AvgIpc) is 3.22. The highest BCUT2D eigenvalue weighted by atomic mass is 16.5. The van der Waals surface area contributed by atoms with E-state index in [2.05, 4.69) is 31.6 Å². The average molecular weight is 383 g/mol. The fourth-order valence-corrected chi connectivity index (χ4v) is 4.25. The molecule has 1 unspecified atom stereocenters. The zero-order chi connectivity index (χ0) is 19.2. The van der Waals surface area contributed by atoms with E-state index in [1.165, 1.54) is 37.7 Å². The number of tetrazole rings is 1. The van der Waals surface area contributed by atoms with Gasteiger partial charge < -0.3 is 14.8 Å². The van der Waals surface area contributed by atoms with Crippen molar-refractivity contribution >= 4 is 12.0 Å². The third kappa shape index (κ3) is 4.51. The number of unbranched alkanes of at least 4 members (excludes halogenated alkanes) is 1. The van der Waals surface area contributed by atoms with Gasteiger partial charge in [0.05, 0.1) is 18.7 Å². The van der Waals surface area contributed by atoms with Crippen LogP contribution in [-0.4, -0.2) is 39.1 Å². The largest absolute Gasteiger partial charge is 0.494 e. The summed E-state index contributed by atoms with van der Waals surface area (Å²) in [7, 11) is 0. The van der Waals surface area contributed by atoms with Gasteiger partial charge in [-0.3, -0.25) is 0 Å². The first kappa shape index (κ1) is 18.9. The van der Waals surface area contributed by atoms with Crippen molar-refractivity contribution in [3.8, 4) is 5.75 Å². The highest BCUT2D eigenvalue weighted by molar-refractivity contribution is 5.68.